The summed E-state index contributed by atoms with van der Waals surface area (Å²) in [5.41, 5.74) is 5.07. The summed E-state index contributed by atoms with van der Waals surface area (Å²) < 4.78 is 4.75. The van der Waals surface area contributed by atoms with Crippen molar-refractivity contribution in [2.45, 2.75) is 0 Å². The third kappa shape index (κ3) is 1.94. The molecule has 1 aromatic heterocycles. The summed E-state index contributed by atoms with van der Waals surface area (Å²) in [6.07, 6.45) is 4.46. The molecule has 52 valence electrons. The molecule has 0 saturated carbocycles. The van der Waals surface area contributed by atoms with Gasteiger partial charge in [0.2, 0.25) is 5.88 Å². The standard InChI is InChI=1S/C5H5N3OS/c6-5(10)9-4-3-7-1-2-8-4/h1-3H,(H2,6,10). The van der Waals surface area contributed by atoms with Crippen LogP contribution in [0, 0.1) is 0 Å². The third-order valence-corrected chi connectivity index (χ3v) is 0.828. The Labute approximate surface area is 63.0 Å². The first-order valence-corrected chi connectivity index (χ1v) is 2.93. The lowest BCUT2D eigenvalue weighted by molar-refractivity contribution is 0.530. The second kappa shape index (κ2) is 3.07. The fraction of sp³-hybridized carbons (Fsp3) is 0. The SMILES string of the molecule is NC(=S)Oc1cnccn1. The van der Waals surface area contributed by atoms with Gasteiger partial charge in [-0.2, -0.15) is 0 Å². The summed E-state index contributed by atoms with van der Waals surface area (Å²) in [6, 6.07) is 0. The predicted molar refractivity (Wildman–Crippen MR) is 39.4 cm³/mol. The molecule has 0 fully saturated rings. The number of hydrogen-bond donors (Lipinski definition) is 1. The molecule has 0 unspecified atom stereocenters. The van der Waals surface area contributed by atoms with Crippen molar-refractivity contribution in [1.82, 2.24) is 9.97 Å². The summed E-state index contributed by atoms with van der Waals surface area (Å²) in [7, 11) is 0. The van der Waals surface area contributed by atoms with Crippen LogP contribution >= 0.6 is 12.2 Å². The zero-order chi connectivity index (χ0) is 7.40. The van der Waals surface area contributed by atoms with Crippen molar-refractivity contribution in [2.24, 2.45) is 5.73 Å². The molecule has 0 radical (unpaired) electrons. The van der Waals surface area contributed by atoms with Crippen molar-refractivity contribution >= 4 is 17.4 Å². The molecule has 0 aliphatic carbocycles. The molecule has 1 aromatic rings. The van der Waals surface area contributed by atoms with Gasteiger partial charge in [-0.05, 0) is 12.2 Å². The molecule has 1 rings (SSSR count). The zero-order valence-corrected chi connectivity index (χ0v) is 5.84. The number of thiocarbonyl (C=S) groups is 1. The zero-order valence-electron chi connectivity index (χ0n) is 5.02. The molecule has 4 nitrogen and oxygen atoms in total. The van der Waals surface area contributed by atoms with Gasteiger partial charge >= 0.3 is 0 Å². The quantitative estimate of drug-likeness (QED) is 0.583. The van der Waals surface area contributed by atoms with E-state index in [1.165, 1.54) is 18.6 Å². The van der Waals surface area contributed by atoms with Crippen LogP contribution in [0.1, 0.15) is 0 Å². The summed E-state index contributed by atoms with van der Waals surface area (Å²) in [5, 5.41) is -0.0551. The molecule has 0 saturated heterocycles. The number of nitrogens with zero attached hydrogens (tertiary/aromatic N) is 2. The van der Waals surface area contributed by atoms with Crippen molar-refractivity contribution in [3.05, 3.63) is 18.6 Å². The maximum atomic E-state index is 5.07. The number of ether oxygens (including phenoxy) is 1. The topological polar surface area (TPSA) is 61.0 Å². The maximum Gasteiger partial charge on any atom is 0.261 e. The van der Waals surface area contributed by atoms with Crippen LogP contribution in [0.4, 0.5) is 0 Å². The van der Waals surface area contributed by atoms with Crippen LogP contribution in [0.2, 0.25) is 0 Å². The Balaban J connectivity index is 2.67. The lowest BCUT2D eigenvalue weighted by Gasteiger charge is -1.97. The second-order valence-corrected chi connectivity index (χ2v) is 1.87. The first-order valence-electron chi connectivity index (χ1n) is 2.52. The molecular formula is C5H5N3OS. The highest BCUT2D eigenvalue weighted by atomic mass is 32.1. The Bertz CT molecular complexity index is 226. The summed E-state index contributed by atoms with van der Waals surface area (Å²) in [4.78, 5) is 7.50. The Kier molecular flexibility index (Phi) is 2.11. The van der Waals surface area contributed by atoms with Gasteiger partial charge in [0.1, 0.15) is 0 Å². The van der Waals surface area contributed by atoms with Gasteiger partial charge < -0.3 is 10.5 Å². The molecule has 0 atom stereocenters. The largest absolute Gasteiger partial charge is 0.411 e. The van der Waals surface area contributed by atoms with Gasteiger partial charge in [-0.1, -0.05) is 0 Å². The molecule has 0 aliphatic heterocycles. The first kappa shape index (κ1) is 6.88. The van der Waals surface area contributed by atoms with E-state index in [4.69, 9.17) is 10.5 Å². The van der Waals surface area contributed by atoms with Gasteiger partial charge in [-0.25, -0.2) is 4.98 Å². The van der Waals surface area contributed by atoms with Crippen LogP contribution in [0.15, 0.2) is 18.6 Å². The van der Waals surface area contributed by atoms with E-state index in [-0.39, 0.29) is 5.17 Å². The third-order valence-electron chi connectivity index (χ3n) is 0.745. The van der Waals surface area contributed by atoms with Crippen LogP contribution in [0.25, 0.3) is 0 Å². The smallest absolute Gasteiger partial charge is 0.261 e. The number of hydrogen-bond acceptors (Lipinski definition) is 4. The number of rotatable bonds is 1. The van der Waals surface area contributed by atoms with E-state index in [2.05, 4.69) is 22.2 Å². The average molecular weight is 155 g/mol. The second-order valence-electron chi connectivity index (χ2n) is 1.46. The van der Waals surface area contributed by atoms with E-state index in [9.17, 15) is 0 Å². The first-order chi connectivity index (χ1) is 4.79. The Morgan fingerprint density at radius 3 is 2.90 bits per heavy atom. The fourth-order valence-corrected chi connectivity index (χ4v) is 0.527. The fourth-order valence-electron chi connectivity index (χ4n) is 0.441. The lowest BCUT2D eigenvalue weighted by Crippen LogP contribution is -2.16. The molecule has 10 heavy (non-hydrogen) atoms. The minimum atomic E-state index is -0.0551. The molecule has 2 N–H and O–H groups in total. The van der Waals surface area contributed by atoms with E-state index >= 15 is 0 Å². The Hall–Kier alpha value is -1.23. The van der Waals surface area contributed by atoms with Crippen molar-refractivity contribution < 1.29 is 4.74 Å². The highest BCUT2D eigenvalue weighted by Gasteiger charge is 1.93. The maximum absolute atomic E-state index is 5.07. The van der Waals surface area contributed by atoms with E-state index in [1.54, 1.807) is 0 Å². The molecule has 0 aliphatic rings. The van der Waals surface area contributed by atoms with E-state index in [0.29, 0.717) is 5.88 Å². The van der Waals surface area contributed by atoms with E-state index in [1.807, 2.05) is 0 Å². The van der Waals surface area contributed by atoms with Crippen LogP contribution in [-0.4, -0.2) is 15.1 Å². The minimum Gasteiger partial charge on any atom is -0.411 e. The van der Waals surface area contributed by atoms with Crippen molar-refractivity contribution in [3.8, 4) is 5.88 Å². The average Bonchev–Trinajstić information content (AvgIpc) is 1.88. The highest BCUT2D eigenvalue weighted by molar-refractivity contribution is 7.80. The summed E-state index contributed by atoms with van der Waals surface area (Å²) >= 11 is 4.47. The summed E-state index contributed by atoms with van der Waals surface area (Å²) in [6.45, 7) is 0. The van der Waals surface area contributed by atoms with E-state index in [0.717, 1.165) is 0 Å². The molecule has 1 heterocycles. The summed E-state index contributed by atoms with van der Waals surface area (Å²) in [5.74, 6) is 0.315. The van der Waals surface area contributed by atoms with Crippen LogP contribution in [0.5, 0.6) is 5.88 Å². The molecule has 0 spiro atoms. The number of aromatic nitrogens is 2. The van der Waals surface area contributed by atoms with Gasteiger partial charge in [0.15, 0.2) is 0 Å². The van der Waals surface area contributed by atoms with Gasteiger partial charge in [0.05, 0.1) is 6.20 Å². The van der Waals surface area contributed by atoms with Gasteiger partial charge in [0.25, 0.3) is 5.17 Å². The Morgan fingerprint density at radius 1 is 1.60 bits per heavy atom. The van der Waals surface area contributed by atoms with Crippen LogP contribution < -0.4 is 10.5 Å². The predicted octanol–water partition coefficient (Wildman–Crippen LogP) is 0.0990. The van der Waals surface area contributed by atoms with Gasteiger partial charge in [0, 0.05) is 12.4 Å². The normalized spacial score (nSPS) is 8.80. The molecule has 0 amide bonds. The number of nitrogens with two attached hydrogens (primary N) is 1. The minimum absolute atomic E-state index is 0.0551. The van der Waals surface area contributed by atoms with Crippen molar-refractivity contribution in [3.63, 3.8) is 0 Å². The molecular weight excluding hydrogens is 150 g/mol. The van der Waals surface area contributed by atoms with Gasteiger partial charge in [-0.3, -0.25) is 4.98 Å². The molecule has 0 bridgehead atoms. The van der Waals surface area contributed by atoms with Crippen LogP contribution in [0.3, 0.4) is 0 Å². The van der Waals surface area contributed by atoms with E-state index < -0.39 is 0 Å². The van der Waals surface area contributed by atoms with Crippen molar-refractivity contribution in [2.75, 3.05) is 0 Å². The van der Waals surface area contributed by atoms with Crippen LogP contribution in [-0.2, 0) is 0 Å². The molecule has 5 heteroatoms. The highest BCUT2D eigenvalue weighted by Crippen LogP contribution is 1.99. The van der Waals surface area contributed by atoms with Gasteiger partial charge in [-0.15, -0.1) is 0 Å². The Morgan fingerprint density at radius 2 is 2.40 bits per heavy atom. The van der Waals surface area contributed by atoms with Crippen molar-refractivity contribution in [1.29, 1.82) is 0 Å². The molecule has 0 aromatic carbocycles. The lowest BCUT2D eigenvalue weighted by atomic mass is 10.7. The monoisotopic (exact) mass is 155 g/mol.